The molecule has 82 valence electrons. The first-order valence-corrected chi connectivity index (χ1v) is 5.18. The van der Waals surface area contributed by atoms with E-state index in [9.17, 15) is 9.90 Å². The summed E-state index contributed by atoms with van der Waals surface area (Å²) in [6, 6.07) is 4.47. The van der Waals surface area contributed by atoms with Gasteiger partial charge in [-0.2, -0.15) is 0 Å². The van der Waals surface area contributed by atoms with Crippen molar-refractivity contribution in [3.8, 4) is 5.75 Å². The third-order valence-corrected chi connectivity index (χ3v) is 2.40. The van der Waals surface area contributed by atoms with Crippen LogP contribution in [0, 0.1) is 0 Å². The van der Waals surface area contributed by atoms with Crippen molar-refractivity contribution in [2.45, 2.75) is 13.3 Å². The standard InChI is InChI=1S/C11H14ClNO2/c1-3-6-13(2)11(15)8-4-5-10(14)9(12)7-8/h4-5,7,14H,3,6H2,1-2H3. The minimum absolute atomic E-state index is 0.00800. The lowest BCUT2D eigenvalue weighted by Crippen LogP contribution is -2.27. The Morgan fingerprint density at radius 3 is 2.73 bits per heavy atom. The number of aromatic hydroxyl groups is 1. The molecule has 1 amide bonds. The van der Waals surface area contributed by atoms with Crippen LogP contribution in [0.2, 0.25) is 5.02 Å². The number of amides is 1. The highest BCUT2D eigenvalue weighted by Gasteiger charge is 2.12. The Morgan fingerprint density at radius 2 is 2.20 bits per heavy atom. The first kappa shape index (κ1) is 11.9. The van der Waals surface area contributed by atoms with Crippen molar-refractivity contribution in [1.29, 1.82) is 0 Å². The summed E-state index contributed by atoms with van der Waals surface area (Å²) in [6.45, 7) is 2.71. The van der Waals surface area contributed by atoms with Gasteiger partial charge in [-0.3, -0.25) is 4.79 Å². The van der Waals surface area contributed by atoms with Crippen molar-refractivity contribution in [2.75, 3.05) is 13.6 Å². The van der Waals surface area contributed by atoms with E-state index in [1.54, 1.807) is 18.0 Å². The van der Waals surface area contributed by atoms with Crippen LogP contribution in [0.4, 0.5) is 0 Å². The summed E-state index contributed by atoms with van der Waals surface area (Å²) < 4.78 is 0. The predicted octanol–water partition coefficient (Wildman–Crippen LogP) is 2.53. The first-order chi connectivity index (χ1) is 7.06. The number of hydrogen-bond donors (Lipinski definition) is 1. The number of carbonyl (C=O) groups is 1. The molecule has 0 unspecified atom stereocenters. The average molecular weight is 228 g/mol. The molecule has 0 bridgehead atoms. The summed E-state index contributed by atoms with van der Waals surface area (Å²) in [6.07, 6.45) is 0.911. The first-order valence-electron chi connectivity index (χ1n) is 4.80. The monoisotopic (exact) mass is 227 g/mol. The van der Waals surface area contributed by atoms with Gasteiger partial charge >= 0.3 is 0 Å². The summed E-state index contributed by atoms with van der Waals surface area (Å²) in [7, 11) is 1.74. The largest absolute Gasteiger partial charge is 0.506 e. The van der Waals surface area contributed by atoms with E-state index >= 15 is 0 Å². The topological polar surface area (TPSA) is 40.5 Å². The maximum absolute atomic E-state index is 11.8. The summed E-state index contributed by atoms with van der Waals surface area (Å²) in [5.41, 5.74) is 0.494. The highest BCUT2D eigenvalue weighted by molar-refractivity contribution is 6.32. The summed E-state index contributed by atoms with van der Waals surface area (Å²) in [5, 5.41) is 9.41. The molecule has 0 aliphatic heterocycles. The molecule has 0 atom stereocenters. The number of rotatable bonds is 3. The second kappa shape index (κ2) is 5.03. The second-order valence-electron chi connectivity index (χ2n) is 3.39. The van der Waals surface area contributed by atoms with Crippen LogP contribution in [0.15, 0.2) is 18.2 Å². The molecule has 0 fully saturated rings. The van der Waals surface area contributed by atoms with Gasteiger partial charge in [-0.15, -0.1) is 0 Å². The molecular formula is C11H14ClNO2. The highest BCUT2D eigenvalue weighted by atomic mass is 35.5. The molecule has 0 spiro atoms. The Balaban J connectivity index is 2.87. The summed E-state index contributed by atoms with van der Waals surface area (Å²) >= 11 is 5.72. The maximum atomic E-state index is 11.8. The number of carbonyl (C=O) groups excluding carboxylic acids is 1. The normalized spacial score (nSPS) is 10.1. The minimum atomic E-state index is -0.0845. The molecule has 1 aromatic rings. The number of halogens is 1. The molecule has 0 aromatic heterocycles. The number of phenolic OH excluding ortho intramolecular Hbond substituents is 1. The second-order valence-corrected chi connectivity index (χ2v) is 3.80. The van der Waals surface area contributed by atoms with Crippen LogP contribution in [-0.2, 0) is 0 Å². The van der Waals surface area contributed by atoms with E-state index in [1.807, 2.05) is 6.92 Å². The maximum Gasteiger partial charge on any atom is 0.253 e. The molecule has 3 nitrogen and oxygen atoms in total. The zero-order valence-corrected chi connectivity index (χ0v) is 9.58. The Bertz CT molecular complexity index is 366. The summed E-state index contributed by atoms with van der Waals surface area (Å²) in [5.74, 6) is -0.0925. The minimum Gasteiger partial charge on any atom is -0.506 e. The van der Waals surface area contributed by atoms with Gasteiger partial charge < -0.3 is 10.0 Å². The lowest BCUT2D eigenvalue weighted by molar-refractivity contribution is 0.0795. The highest BCUT2D eigenvalue weighted by Crippen LogP contribution is 2.24. The van der Waals surface area contributed by atoms with Gasteiger partial charge in [-0.1, -0.05) is 18.5 Å². The molecule has 0 heterocycles. The van der Waals surface area contributed by atoms with Crippen LogP contribution in [0.5, 0.6) is 5.75 Å². The number of hydrogen-bond acceptors (Lipinski definition) is 2. The molecule has 0 saturated heterocycles. The zero-order chi connectivity index (χ0) is 11.4. The van der Waals surface area contributed by atoms with Crippen molar-refractivity contribution in [3.63, 3.8) is 0 Å². The van der Waals surface area contributed by atoms with Crippen molar-refractivity contribution in [1.82, 2.24) is 4.90 Å². The van der Waals surface area contributed by atoms with E-state index in [1.165, 1.54) is 12.1 Å². The van der Waals surface area contributed by atoms with Gasteiger partial charge in [0.2, 0.25) is 0 Å². The molecule has 15 heavy (non-hydrogen) atoms. The fourth-order valence-corrected chi connectivity index (χ4v) is 1.48. The van der Waals surface area contributed by atoms with Crippen LogP contribution in [0.1, 0.15) is 23.7 Å². The van der Waals surface area contributed by atoms with Gasteiger partial charge in [0.05, 0.1) is 5.02 Å². The van der Waals surface area contributed by atoms with Crippen LogP contribution < -0.4 is 0 Å². The number of phenols is 1. The van der Waals surface area contributed by atoms with Crippen molar-refractivity contribution in [3.05, 3.63) is 28.8 Å². The quantitative estimate of drug-likeness (QED) is 0.862. The van der Waals surface area contributed by atoms with E-state index in [0.29, 0.717) is 12.1 Å². The summed E-state index contributed by atoms with van der Waals surface area (Å²) in [4.78, 5) is 13.4. The van der Waals surface area contributed by atoms with Crippen LogP contribution >= 0.6 is 11.6 Å². The SMILES string of the molecule is CCCN(C)C(=O)c1ccc(O)c(Cl)c1. The van der Waals surface area contributed by atoms with Gasteiger partial charge in [0.1, 0.15) is 5.75 Å². The number of benzene rings is 1. The van der Waals surface area contributed by atoms with E-state index in [0.717, 1.165) is 6.42 Å². The lowest BCUT2D eigenvalue weighted by atomic mass is 10.2. The van der Waals surface area contributed by atoms with E-state index in [-0.39, 0.29) is 16.7 Å². The Hall–Kier alpha value is -1.22. The Kier molecular flexibility index (Phi) is 3.97. The fraction of sp³-hybridized carbons (Fsp3) is 0.364. The number of nitrogens with zero attached hydrogens (tertiary/aromatic N) is 1. The van der Waals surface area contributed by atoms with Gasteiger partial charge in [-0.05, 0) is 24.6 Å². The molecule has 0 aliphatic rings. The molecular weight excluding hydrogens is 214 g/mol. The van der Waals surface area contributed by atoms with Gasteiger partial charge in [0.15, 0.2) is 0 Å². The van der Waals surface area contributed by atoms with Crippen molar-refractivity contribution < 1.29 is 9.90 Å². The third kappa shape index (κ3) is 2.86. The molecule has 0 saturated carbocycles. The van der Waals surface area contributed by atoms with E-state index in [2.05, 4.69) is 0 Å². The molecule has 1 rings (SSSR count). The van der Waals surface area contributed by atoms with Crippen LogP contribution in [0.3, 0.4) is 0 Å². The lowest BCUT2D eigenvalue weighted by Gasteiger charge is -2.16. The molecule has 4 heteroatoms. The fourth-order valence-electron chi connectivity index (χ4n) is 1.30. The predicted molar refractivity (Wildman–Crippen MR) is 60.4 cm³/mol. The Labute approximate surface area is 94.3 Å². The van der Waals surface area contributed by atoms with Gasteiger partial charge in [0, 0.05) is 19.2 Å². The zero-order valence-electron chi connectivity index (χ0n) is 8.83. The Morgan fingerprint density at radius 1 is 1.53 bits per heavy atom. The van der Waals surface area contributed by atoms with Crippen LogP contribution in [0.25, 0.3) is 0 Å². The molecule has 1 aromatic carbocycles. The smallest absolute Gasteiger partial charge is 0.253 e. The third-order valence-electron chi connectivity index (χ3n) is 2.10. The molecule has 0 aliphatic carbocycles. The van der Waals surface area contributed by atoms with Crippen LogP contribution in [-0.4, -0.2) is 29.5 Å². The molecule has 0 radical (unpaired) electrons. The van der Waals surface area contributed by atoms with Crippen molar-refractivity contribution >= 4 is 17.5 Å². The van der Waals surface area contributed by atoms with Crippen molar-refractivity contribution in [2.24, 2.45) is 0 Å². The molecule has 1 N–H and O–H groups in total. The van der Waals surface area contributed by atoms with E-state index in [4.69, 9.17) is 11.6 Å². The van der Waals surface area contributed by atoms with Gasteiger partial charge in [0.25, 0.3) is 5.91 Å². The average Bonchev–Trinajstić information content (AvgIpc) is 2.21. The van der Waals surface area contributed by atoms with Gasteiger partial charge in [-0.25, -0.2) is 0 Å². The van der Waals surface area contributed by atoms with E-state index < -0.39 is 0 Å².